The van der Waals surface area contributed by atoms with Crippen LogP contribution in [0.15, 0.2) is 48.1 Å². The van der Waals surface area contributed by atoms with Crippen molar-refractivity contribution in [3.05, 3.63) is 48.1 Å². The van der Waals surface area contributed by atoms with Crippen molar-refractivity contribution in [2.75, 3.05) is 22.3 Å². The van der Waals surface area contributed by atoms with Crippen LogP contribution >= 0.6 is 11.3 Å². The number of fused-ring (bicyclic) bond motifs is 1. The molecule has 3 heterocycles. The van der Waals surface area contributed by atoms with Gasteiger partial charge >= 0.3 is 6.03 Å². The van der Waals surface area contributed by atoms with Gasteiger partial charge in [-0.15, -0.1) is 11.3 Å². The minimum absolute atomic E-state index is 0.00146. The zero-order valence-corrected chi connectivity index (χ0v) is 14.1. The van der Waals surface area contributed by atoms with E-state index in [0.29, 0.717) is 10.7 Å². The molecule has 0 radical (unpaired) electrons. The summed E-state index contributed by atoms with van der Waals surface area (Å²) >= 11 is 1.38. The molecule has 10 heteroatoms. The summed E-state index contributed by atoms with van der Waals surface area (Å²) in [5, 5.41) is 11.7. The molecule has 0 aliphatic rings. The molecule has 0 spiro atoms. The maximum Gasteiger partial charge on any atom is 0.319 e. The summed E-state index contributed by atoms with van der Waals surface area (Å²) in [4.78, 5) is 11.6. The highest BCUT2D eigenvalue weighted by molar-refractivity contribution is 7.92. The van der Waals surface area contributed by atoms with Crippen molar-refractivity contribution in [1.29, 1.82) is 0 Å². The van der Waals surface area contributed by atoms with Crippen molar-refractivity contribution in [1.82, 2.24) is 14.9 Å². The third-order valence-corrected chi connectivity index (χ3v) is 5.16. The number of hydrogen-bond donors (Lipinski definition) is 3. The Morgan fingerprint density at radius 3 is 2.96 bits per heavy atom. The Labute approximate surface area is 142 Å². The standard InChI is InChI=1S/C14H15N5O3S2/c20-14(17-13-2-1-8-23-13)15-6-9-24(21,22)18-11-4-7-19-12(10-11)3-5-16-19/h1-5,7-8,10,18H,6,9H2,(H2,15,17,20). The lowest BCUT2D eigenvalue weighted by molar-refractivity contribution is 0.252. The maximum atomic E-state index is 12.1. The van der Waals surface area contributed by atoms with Crippen LogP contribution in [0.5, 0.6) is 0 Å². The average Bonchev–Trinajstić information content (AvgIpc) is 3.17. The normalized spacial score (nSPS) is 11.3. The molecule has 3 N–H and O–H groups in total. The quantitative estimate of drug-likeness (QED) is 0.621. The zero-order chi connectivity index (χ0) is 17.0. The van der Waals surface area contributed by atoms with Crippen LogP contribution < -0.4 is 15.4 Å². The smallest absolute Gasteiger partial charge is 0.319 e. The Morgan fingerprint density at radius 1 is 1.29 bits per heavy atom. The number of carbonyl (C=O) groups excluding carboxylic acids is 1. The van der Waals surface area contributed by atoms with E-state index in [4.69, 9.17) is 0 Å². The van der Waals surface area contributed by atoms with Gasteiger partial charge in [0.25, 0.3) is 0 Å². The lowest BCUT2D eigenvalue weighted by Gasteiger charge is -2.09. The van der Waals surface area contributed by atoms with Crippen LogP contribution in [0.4, 0.5) is 15.5 Å². The predicted molar refractivity (Wildman–Crippen MR) is 93.9 cm³/mol. The Balaban J connectivity index is 1.51. The number of thiophene rings is 1. The summed E-state index contributed by atoms with van der Waals surface area (Å²) in [6, 6.07) is 8.21. The van der Waals surface area contributed by atoms with E-state index in [1.807, 2.05) is 11.4 Å². The van der Waals surface area contributed by atoms with Crippen molar-refractivity contribution < 1.29 is 13.2 Å². The number of sulfonamides is 1. The van der Waals surface area contributed by atoms with Crippen molar-refractivity contribution in [3.63, 3.8) is 0 Å². The summed E-state index contributed by atoms with van der Waals surface area (Å²) in [5.74, 6) is -0.227. The lowest BCUT2D eigenvalue weighted by atomic mass is 10.4. The summed E-state index contributed by atoms with van der Waals surface area (Å²) in [5.41, 5.74) is 1.23. The molecular formula is C14H15N5O3S2. The third-order valence-electron chi connectivity index (χ3n) is 3.09. The topological polar surface area (TPSA) is 105 Å². The van der Waals surface area contributed by atoms with Gasteiger partial charge in [-0.2, -0.15) is 5.10 Å². The minimum atomic E-state index is -3.56. The van der Waals surface area contributed by atoms with Crippen LogP contribution in [0.1, 0.15) is 0 Å². The fraction of sp³-hybridized carbons (Fsp3) is 0.143. The third kappa shape index (κ3) is 4.24. The Bertz CT molecular complexity index is 934. The predicted octanol–water partition coefficient (Wildman–Crippen LogP) is 1.96. The summed E-state index contributed by atoms with van der Waals surface area (Å²) in [7, 11) is -3.56. The number of aromatic nitrogens is 2. The van der Waals surface area contributed by atoms with Gasteiger partial charge in [0.05, 0.1) is 22.0 Å². The number of amides is 2. The van der Waals surface area contributed by atoms with Gasteiger partial charge in [0, 0.05) is 18.9 Å². The monoisotopic (exact) mass is 365 g/mol. The van der Waals surface area contributed by atoms with Crippen LogP contribution in [-0.4, -0.2) is 36.4 Å². The van der Waals surface area contributed by atoms with E-state index in [-0.39, 0.29) is 12.3 Å². The average molecular weight is 365 g/mol. The first-order valence-corrected chi connectivity index (χ1v) is 9.57. The molecule has 0 aliphatic carbocycles. The number of nitrogens with one attached hydrogen (secondary N) is 3. The van der Waals surface area contributed by atoms with Gasteiger partial charge in [-0.3, -0.25) is 10.0 Å². The molecule has 0 saturated heterocycles. The number of hydrogen-bond acceptors (Lipinski definition) is 5. The number of pyridine rings is 1. The highest BCUT2D eigenvalue weighted by Crippen LogP contribution is 2.14. The summed E-state index contributed by atoms with van der Waals surface area (Å²) < 4.78 is 28.3. The fourth-order valence-electron chi connectivity index (χ4n) is 2.02. The van der Waals surface area contributed by atoms with Crippen LogP contribution in [-0.2, 0) is 10.0 Å². The van der Waals surface area contributed by atoms with E-state index in [0.717, 1.165) is 5.52 Å². The molecule has 0 aromatic carbocycles. The summed E-state index contributed by atoms with van der Waals surface area (Å²) in [6.45, 7) is 0.00146. The van der Waals surface area contributed by atoms with E-state index in [2.05, 4.69) is 20.5 Å². The second-order valence-corrected chi connectivity index (χ2v) is 7.68. The Hall–Kier alpha value is -2.59. The molecule has 24 heavy (non-hydrogen) atoms. The van der Waals surface area contributed by atoms with E-state index >= 15 is 0 Å². The Kier molecular flexibility index (Phi) is 4.67. The number of anilines is 2. The summed E-state index contributed by atoms with van der Waals surface area (Å²) in [6.07, 6.45) is 3.30. The number of nitrogens with zero attached hydrogens (tertiary/aromatic N) is 2. The van der Waals surface area contributed by atoms with Gasteiger partial charge < -0.3 is 5.32 Å². The largest absolute Gasteiger partial charge is 0.337 e. The molecule has 3 aromatic heterocycles. The van der Waals surface area contributed by atoms with E-state index in [9.17, 15) is 13.2 Å². The zero-order valence-electron chi connectivity index (χ0n) is 12.5. The second kappa shape index (κ2) is 6.89. The van der Waals surface area contributed by atoms with Crippen LogP contribution in [0.2, 0.25) is 0 Å². The molecule has 0 atom stereocenters. The van der Waals surface area contributed by atoms with Gasteiger partial charge in [-0.05, 0) is 35.7 Å². The molecule has 2 amide bonds. The maximum absolute atomic E-state index is 12.1. The first-order valence-electron chi connectivity index (χ1n) is 7.04. The van der Waals surface area contributed by atoms with Crippen molar-refractivity contribution in [2.45, 2.75) is 0 Å². The molecule has 0 aliphatic heterocycles. The van der Waals surface area contributed by atoms with Gasteiger partial charge in [0.15, 0.2) is 0 Å². The number of urea groups is 1. The van der Waals surface area contributed by atoms with E-state index < -0.39 is 16.1 Å². The first kappa shape index (κ1) is 16.3. The van der Waals surface area contributed by atoms with E-state index in [1.165, 1.54) is 11.3 Å². The van der Waals surface area contributed by atoms with Crippen LogP contribution in [0.3, 0.4) is 0 Å². The molecule has 0 bridgehead atoms. The molecular weight excluding hydrogens is 350 g/mol. The van der Waals surface area contributed by atoms with Gasteiger partial charge in [-0.25, -0.2) is 17.7 Å². The Morgan fingerprint density at radius 2 is 2.17 bits per heavy atom. The van der Waals surface area contributed by atoms with Gasteiger partial charge in [-0.1, -0.05) is 0 Å². The molecule has 8 nitrogen and oxygen atoms in total. The second-order valence-electron chi connectivity index (χ2n) is 4.90. The molecule has 3 rings (SSSR count). The molecule has 0 fully saturated rings. The van der Waals surface area contributed by atoms with Crippen molar-refractivity contribution in [2.24, 2.45) is 0 Å². The molecule has 0 unspecified atom stereocenters. The minimum Gasteiger partial charge on any atom is -0.337 e. The van der Waals surface area contributed by atoms with Crippen molar-refractivity contribution >= 4 is 43.6 Å². The van der Waals surface area contributed by atoms with Crippen molar-refractivity contribution in [3.8, 4) is 0 Å². The molecule has 0 saturated carbocycles. The highest BCUT2D eigenvalue weighted by Gasteiger charge is 2.12. The fourth-order valence-corrected chi connectivity index (χ4v) is 3.59. The first-order chi connectivity index (χ1) is 11.5. The number of carbonyl (C=O) groups is 1. The number of rotatable bonds is 6. The van der Waals surface area contributed by atoms with Crippen LogP contribution in [0, 0.1) is 0 Å². The molecule has 3 aromatic rings. The molecule has 126 valence electrons. The van der Waals surface area contributed by atoms with Gasteiger partial charge in [0.1, 0.15) is 0 Å². The lowest BCUT2D eigenvalue weighted by Crippen LogP contribution is -2.34. The SMILES string of the molecule is O=C(NCCS(=O)(=O)Nc1ccn2nccc2c1)Nc1cccs1. The van der Waals surface area contributed by atoms with Crippen LogP contribution in [0.25, 0.3) is 5.52 Å². The highest BCUT2D eigenvalue weighted by atomic mass is 32.2. The van der Waals surface area contributed by atoms with E-state index in [1.54, 1.807) is 41.2 Å². The van der Waals surface area contributed by atoms with Gasteiger partial charge in [0.2, 0.25) is 10.0 Å².